The van der Waals surface area contributed by atoms with E-state index >= 15 is 0 Å². The van der Waals surface area contributed by atoms with E-state index < -0.39 is 0 Å². The van der Waals surface area contributed by atoms with Crippen molar-refractivity contribution < 1.29 is 4.74 Å². The minimum Gasteiger partial charge on any atom is -0.497 e. The molecule has 0 amide bonds. The summed E-state index contributed by atoms with van der Waals surface area (Å²) in [6, 6.07) is 7.70. The minimum absolute atomic E-state index is 0.122. The Labute approximate surface area is 116 Å². The molecule has 0 fully saturated rings. The summed E-state index contributed by atoms with van der Waals surface area (Å²) in [4.78, 5) is 17.7. The van der Waals surface area contributed by atoms with Crippen LogP contribution in [0.25, 0.3) is 0 Å². The molecule has 19 heavy (non-hydrogen) atoms. The van der Waals surface area contributed by atoms with Gasteiger partial charge in [0.05, 0.1) is 7.11 Å². The topological polar surface area (TPSA) is 57.9 Å². The first-order valence-corrected chi connectivity index (χ1v) is 6.52. The molecule has 0 bridgehead atoms. The first-order valence-electron chi connectivity index (χ1n) is 6.11. The number of nitrogens with one attached hydrogen (secondary N) is 2. The van der Waals surface area contributed by atoms with Gasteiger partial charge in [0.2, 0.25) is 0 Å². The van der Waals surface area contributed by atoms with Crippen LogP contribution >= 0.6 is 12.2 Å². The van der Waals surface area contributed by atoms with Crippen molar-refractivity contribution in [1.82, 2.24) is 9.97 Å². The first kappa shape index (κ1) is 13.5. The molecular formula is C14H16N2O2S. The van der Waals surface area contributed by atoms with Gasteiger partial charge in [0.1, 0.15) is 5.75 Å². The van der Waals surface area contributed by atoms with E-state index in [1.807, 2.05) is 31.2 Å². The van der Waals surface area contributed by atoms with E-state index in [1.54, 1.807) is 7.11 Å². The lowest BCUT2D eigenvalue weighted by atomic mass is 10.0. The molecule has 0 unspecified atom stereocenters. The van der Waals surface area contributed by atoms with Gasteiger partial charge >= 0.3 is 0 Å². The Morgan fingerprint density at radius 1 is 1.32 bits per heavy atom. The third-order valence-electron chi connectivity index (χ3n) is 3.00. The van der Waals surface area contributed by atoms with Crippen molar-refractivity contribution >= 4 is 12.2 Å². The van der Waals surface area contributed by atoms with Crippen molar-refractivity contribution in [3.8, 4) is 5.75 Å². The van der Waals surface area contributed by atoms with Gasteiger partial charge in [0.25, 0.3) is 5.56 Å². The molecule has 0 saturated carbocycles. The summed E-state index contributed by atoms with van der Waals surface area (Å²) in [7, 11) is 1.63. The van der Waals surface area contributed by atoms with Gasteiger partial charge in [-0.25, -0.2) is 0 Å². The summed E-state index contributed by atoms with van der Waals surface area (Å²) in [5.41, 5.74) is 2.52. The molecule has 2 rings (SSSR count). The number of ether oxygens (including phenoxy) is 1. The second kappa shape index (κ2) is 5.84. The average molecular weight is 276 g/mol. The molecule has 0 aliphatic heterocycles. The summed E-state index contributed by atoms with van der Waals surface area (Å²) in [5.74, 6) is 0.788. The van der Waals surface area contributed by atoms with Crippen LogP contribution in [-0.4, -0.2) is 17.1 Å². The molecule has 0 spiro atoms. The number of aromatic amines is 2. The molecule has 0 aliphatic rings. The largest absolute Gasteiger partial charge is 0.497 e. The smallest absolute Gasteiger partial charge is 0.255 e. The first-order chi connectivity index (χ1) is 9.13. The van der Waals surface area contributed by atoms with Gasteiger partial charge in [0, 0.05) is 17.7 Å². The monoisotopic (exact) mass is 276 g/mol. The van der Waals surface area contributed by atoms with Gasteiger partial charge in [-0.2, -0.15) is 0 Å². The summed E-state index contributed by atoms with van der Waals surface area (Å²) in [5, 5.41) is 0. The molecule has 5 heteroatoms. The summed E-state index contributed by atoms with van der Waals surface area (Å²) < 4.78 is 5.56. The van der Waals surface area contributed by atoms with Crippen LogP contribution in [0.3, 0.4) is 0 Å². The van der Waals surface area contributed by atoms with E-state index in [4.69, 9.17) is 17.0 Å². The molecular weight excluding hydrogens is 260 g/mol. The zero-order valence-corrected chi connectivity index (χ0v) is 11.8. The fourth-order valence-corrected chi connectivity index (χ4v) is 2.25. The third-order valence-corrected chi connectivity index (χ3v) is 3.20. The van der Waals surface area contributed by atoms with Crippen LogP contribution in [0.2, 0.25) is 0 Å². The molecule has 2 aromatic rings. The Morgan fingerprint density at radius 2 is 2.11 bits per heavy atom. The molecule has 1 aromatic carbocycles. The maximum atomic E-state index is 12.0. The lowest BCUT2D eigenvalue weighted by Gasteiger charge is -2.08. The number of H-pyrrole nitrogens is 2. The van der Waals surface area contributed by atoms with E-state index in [-0.39, 0.29) is 5.56 Å². The zero-order valence-electron chi connectivity index (χ0n) is 10.9. The Bertz CT molecular complexity index is 688. The molecule has 0 atom stereocenters. The number of hydrogen-bond donors (Lipinski definition) is 2. The number of rotatable bonds is 4. The van der Waals surface area contributed by atoms with Crippen LogP contribution in [0.15, 0.2) is 29.1 Å². The van der Waals surface area contributed by atoms with Crippen molar-refractivity contribution in [2.75, 3.05) is 7.11 Å². The van der Waals surface area contributed by atoms with E-state index in [1.165, 1.54) is 0 Å². The van der Waals surface area contributed by atoms with Gasteiger partial charge in [-0.15, -0.1) is 0 Å². The number of benzene rings is 1. The fraction of sp³-hybridized carbons (Fsp3) is 0.286. The van der Waals surface area contributed by atoms with Crippen molar-refractivity contribution in [3.63, 3.8) is 0 Å². The zero-order chi connectivity index (χ0) is 13.8. The van der Waals surface area contributed by atoms with Crippen molar-refractivity contribution in [3.05, 3.63) is 56.2 Å². The summed E-state index contributed by atoms with van der Waals surface area (Å²) in [6.07, 6.45) is 1.30. The predicted molar refractivity (Wildman–Crippen MR) is 77.4 cm³/mol. The SMILES string of the molecule is CCc1[nH]c(=S)[nH]c(=O)c1Cc1cccc(OC)c1. The van der Waals surface area contributed by atoms with Gasteiger partial charge in [-0.1, -0.05) is 19.1 Å². The molecule has 1 aromatic heterocycles. The van der Waals surface area contributed by atoms with E-state index in [0.717, 1.165) is 29.0 Å². The fourth-order valence-electron chi connectivity index (χ4n) is 2.03. The van der Waals surface area contributed by atoms with Gasteiger partial charge in [-0.3, -0.25) is 9.78 Å². The standard InChI is InChI=1S/C14H16N2O2S/c1-3-12-11(13(17)16-14(19)15-12)8-9-5-4-6-10(7-9)18-2/h4-7H,3,8H2,1-2H3,(H2,15,16,17,19). The van der Waals surface area contributed by atoms with Crippen LogP contribution in [0, 0.1) is 4.77 Å². The van der Waals surface area contributed by atoms with Crippen molar-refractivity contribution in [2.24, 2.45) is 0 Å². The summed E-state index contributed by atoms with van der Waals surface area (Å²) >= 11 is 4.99. The van der Waals surface area contributed by atoms with Crippen LogP contribution in [0.4, 0.5) is 0 Å². The highest BCUT2D eigenvalue weighted by atomic mass is 32.1. The normalized spacial score (nSPS) is 10.4. The Morgan fingerprint density at radius 3 is 2.79 bits per heavy atom. The van der Waals surface area contributed by atoms with Crippen LogP contribution in [-0.2, 0) is 12.8 Å². The lowest BCUT2D eigenvalue weighted by Crippen LogP contribution is -2.18. The quantitative estimate of drug-likeness (QED) is 0.844. The third kappa shape index (κ3) is 3.12. The molecule has 2 N–H and O–H groups in total. The molecule has 1 heterocycles. The number of aromatic nitrogens is 2. The van der Waals surface area contributed by atoms with Crippen molar-refractivity contribution in [2.45, 2.75) is 19.8 Å². The van der Waals surface area contributed by atoms with Gasteiger partial charge < -0.3 is 9.72 Å². The maximum Gasteiger partial charge on any atom is 0.255 e. The molecule has 100 valence electrons. The van der Waals surface area contributed by atoms with Crippen LogP contribution in [0.5, 0.6) is 5.75 Å². The maximum absolute atomic E-state index is 12.0. The van der Waals surface area contributed by atoms with E-state index in [2.05, 4.69) is 9.97 Å². The Hall–Kier alpha value is -1.88. The molecule has 0 radical (unpaired) electrons. The Kier molecular flexibility index (Phi) is 4.16. The highest BCUT2D eigenvalue weighted by molar-refractivity contribution is 7.71. The van der Waals surface area contributed by atoms with Crippen LogP contribution in [0.1, 0.15) is 23.7 Å². The molecule has 0 aliphatic carbocycles. The van der Waals surface area contributed by atoms with E-state index in [9.17, 15) is 4.79 Å². The highest BCUT2D eigenvalue weighted by Gasteiger charge is 2.08. The van der Waals surface area contributed by atoms with Gasteiger partial charge in [0.15, 0.2) is 4.77 Å². The number of aryl methyl sites for hydroxylation is 1. The molecule has 0 saturated heterocycles. The molecule has 4 nitrogen and oxygen atoms in total. The highest BCUT2D eigenvalue weighted by Crippen LogP contribution is 2.16. The minimum atomic E-state index is -0.122. The number of methoxy groups -OCH3 is 1. The Balaban J connectivity index is 2.43. The lowest BCUT2D eigenvalue weighted by molar-refractivity contribution is 0.414. The second-order valence-corrected chi connectivity index (χ2v) is 4.66. The van der Waals surface area contributed by atoms with Gasteiger partial charge in [-0.05, 0) is 36.3 Å². The summed E-state index contributed by atoms with van der Waals surface area (Å²) in [6.45, 7) is 2.00. The van der Waals surface area contributed by atoms with Crippen LogP contribution < -0.4 is 10.3 Å². The second-order valence-electron chi connectivity index (χ2n) is 4.25. The van der Waals surface area contributed by atoms with Crippen molar-refractivity contribution in [1.29, 1.82) is 0 Å². The van der Waals surface area contributed by atoms with E-state index in [0.29, 0.717) is 11.2 Å². The predicted octanol–water partition coefficient (Wildman–Crippen LogP) is 2.59. The average Bonchev–Trinajstić information content (AvgIpc) is 2.41. The number of hydrogen-bond acceptors (Lipinski definition) is 3.